The molecule has 6 amide bonds. The van der Waals surface area contributed by atoms with Crippen LogP contribution in [0.5, 0.6) is 0 Å². The summed E-state index contributed by atoms with van der Waals surface area (Å²) in [6.45, 7) is 11.7. The summed E-state index contributed by atoms with van der Waals surface area (Å²) in [7, 11) is -4.23. The molecule has 1 spiro atoms. The van der Waals surface area contributed by atoms with Crippen molar-refractivity contribution in [3.63, 3.8) is 0 Å². The zero-order chi connectivity index (χ0) is 56.3. The van der Waals surface area contributed by atoms with Crippen molar-refractivity contribution < 1.29 is 66.0 Å². The minimum Gasteiger partial charge on any atom is -0.459 e. The molecule has 3 saturated heterocycles. The number of alkyl halides is 1. The lowest BCUT2D eigenvalue weighted by Crippen LogP contribution is -2.55. The average molecular weight is 1160 g/mol. The maximum atomic E-state index is 13.2. The van der Waals surface area contributed by atoms with Gasteiger partial charge in [-0.3, -0.25) is 33.6 Å². The third kappa shape index (κ3) is 20.3. The van der Waals surface area contributed by atoms with Crippen molar-refractivity contribution in [2.45, 2.75) is 171 Å². The van der Waals surface area contributed by atoms with Gasteiger partial charge in [-0.25, -0.2) is 13.1 Å². The monoisotopic (exact) mass is 1160 g/mol. The molecule has 3 aliphatic heterocycles. The van der Waals surface area contributed by atoms with Gasteiger partial charge in [-0.2, -0.15) is 0 Å². The number of carbonyl (C=O) groups is 7. The normalized spacial score (nSPS) is 26.6. The molecule has 0 radical (unpaired) electrons. The lowest BCUT2D eigenvalue weighted by Gasteiger charge is -2.46. The molecule has 10 atom stereocenters. The number of esters is 1. The Labute approximate surface area is 460 Å². The van der Waals surface area contributed by atoms with Gasteiger partial charge in [0.05, 0.1) is 53.6 Å². The maximum absolute atomic E-state index is 13.2. The van der Waals surface area contributed by atoms with E-state index < -0.39 is 63.4 Å². The summed E-state index contributed by atoms with van der Waals surface area (Å²) in [5.74, 6) is -2.72. The number of epoxide rings is 1. The van der Waals surface area contributed by atoms with Crippen LogP contribution in [-0.4, -0.2) is 128 Å². The molecule has 4 aliphatic rings. The molecule has 3 heterocycles. The summed E-state index contributed by atoms with van der Waals surface area (Å²) in [6, 6.07) is 5.57. The molecule has 424 valence electrons. The predicted octanol–water partition coefficient (Wildman–Crippen LogP) is 4.42. The Morgan fingerprint density at radius 1 is 0.935 bits per heavy atom. The van der Waals surface area contributed by atoms with Crippen molar-refractivity contribution in [2.24, 2.45) is 11.8 Å². The molecule has 77 heavy (non-hydrogen) atoms. The highest BCUT2D eigenvalue weighted by molar-refractivity contribution is 9.09. The molecule has 1 aromatic carbocycles. The van der Waals surface area contributed by atoms with E-state index in [0.29, 0.717) is 56.5 Å². The van der Waals surface area contributed by atoms with Crippen LogP contribution in [0, 0.1) is 11.8 Å². The predicted molar refractivity (Wildman–Crippen MR) is 290 cm³/mol. The molecule has 0 aromatic heterocycles. The molecule has 1 aromatic rings. The number of hydrogen-bond donors (Lipinski definition) is 7. The Kier molecular flexibility index (Phi) is 23.8. The van der Waals surface area contributed by atoms with Crippen LogP contribution >= 0.6 is 15.9 Å². The Balaban J connectivity index is 1.02. The summed E-state index contributed by atoms with van der Waals surface area (Å²) in [5.41, 5.74) is 0.766. The first kappa shape index (κ1) is 62.3. The number of benzene rings is 1. The summed E-state index contributed by atoms with van der Waals surface area (Å²) < 4.78 is 52.0. The van der Waals surface area contributed by atoms with Gasteiger partial charge < -0.3 is 50.6 Å². The van der Waals surface area contributed by atoms with E-state index in [0.717, 1.165) is 18.4 Å². The molecule has 20 nitrogen and oxygen atoms in total. The van der Waals surface area contributed by atoms with Crippen molar-refractivity contribution in [1.29, 1.82) is 0 Å². The Hall–Kier alpha value is -5.52. The minimum absolute atomic E-state index is 0.00485. The van der Waals surface area contributed by atoms with E-state index in [1.165, 1.54) is 31.2 Å². The number of nitrogens with one attached hydrogen (secondary N) is 6. The first-order valence-electron chi connectivity index (χ1n) is 26.3. The number of ether oxygens (including phenoxy) is 4. The second-order valence-corrected chi connectivity index (χ2v) is 22.8. The van der Waals surface area contributed by atoms with E-state index in [9.17, 15) is 47.1 Å². The Morgan fingerprint density at radius 3 is 2.38 bits per heavy atom. The number of carbonyl (C=O) groups excluding carboxylic acids is 7. The molecule has 3 fully saturated rings. The van der Waals surface area contributed by atoms with Gasteiger partial charge in [0.25, 0.3) is 10.0 Å². The number of sulfonamides is 1. The SMILES string of the molecule is CC(=O)O[C@@H](C)/C=C\C(=O)N[C@@H]1C[C@H](C)C(C)(C/C=C(C)/C=C/[C@H]2O[C@H](CC(=O)NCc3ccc(S(=O)(=O)NC(=O)CCC4CC=CC=C4NC(=O)CNC(=O)CCCCCNC(=O)CBr)cc3)CC3(CO3)[C@@H]2O)O[C@@H]1C. The second-order valence-electron chi connectivity index (χ2n) is 20.6. The lowest BCUT2D eigenvalue weighted by molar-refractivity contribution is -0.156. The molecular formula is C55H77BrN6O14S. The average Bonchev–Trinajstić information content (AvgIpc) is 4.16. The van der Waals surface area contributed by atoms with Crippen molar-refractivity contribution >= 4 is 67.4 Å². The number of unbranched alkanes of at least 4 members (excludes halogenated alkanes) is 2. The first-order valence-corrected chi connectivity index (χ1v) is 28.9. The van der Waals surface area contributed by atoms with Crippen LogP contribution in [0.2, 0.25) is 0 Å². The summed E-state index contributed by atoms with van der Waals surface area (Å²) in [6.07, 6.45) is 15.5. The molecule has 0 saturated carbocycles. The highest BCUT2D eigenvalue weighted by Crippen LogP contribution is 2.43. The number of aliphatic hydroxyl groups excluding tert-OH is 1. The molecule has 7 N–H and O–H groups in total. The van der Waals surface area contributed by atoms with Gasteiger partial charge in [0.15, 0.2) is 0 Å². The largest absolute Gasteiger partial charge is 0.459 e. The van der Waals surface area contributed by atoms with Gasteiger partial charge in [-0.15, -0.1) is 0 Å². The van der Waals surface area contributed by atoms with Crippen molar-refractivity contribution in [2.75, 3.05) is 25.0 Å². The molecule has 1 aliphatic carbocycles. The van der Waals surface area contributed by atoms with E-state index in [4.69, 9.17) is 18.9 Å². The van der Waals surface area contributed by atoms with Crippen LogP contribution in [0.15, 0.2) is 89.0 Å². The second kappa shape index (κ2) is 29.5. The summed E-state index contributed by atoms with van der Waals surface area (Å²) in [4.78, 5) is 86.0. The maximum Gasteiger partial charge on any atom is 0.303 e. The molecule has 0 bridgehead atoms. The topological polar surface area (TPSA) is 286 Å². The van der Waals surface area contributed by atoms with E-state index in [1.54, 1.807) is 37.3 Å². The molecule has 22 heteroatoms. The quantitative estimate of drug-likeness (QED) is 0.0160. The van der Waals surface area contributed by atoms with Crippen LogP contribution in [0.4, 0.5) is 0 Å². The number of amides is 6. The van der Waals surface area contributed by atoms with Gasteiger partial charge in [0.2, 0.25) is 35.4 Å². The third-order valence-corrected chi connectivity index (χ3v) is 16.1. The fourth-order valence-electron chi connectivity index (χ4n) is 9.37. The highest BCUT2D eigenvalue weighted by atomic mass is 79.9. The smallest absolute Gasteiger partial charge is 0.303 e. The van der Waals surface area contributed by atoms with Crippen molar-refractivity contribution in [1.82, 2.24) is 31.3 Å². The third-order valence-electron chi connectivity index (χ3n) is 14.2. The van der Waals surface area contributed by atoms with Gasteiger partial charge in [-0.1, -0.05) is 77.4 Å². The fraction of sp³-hybridized carbons (Fsp3) is 0.582. The van der Waals surface area contributed by atoms with E-state index >= 15 is 0 Å². The first-order chi connectivity index (χ1) is 36.5. The van der Waals surface area contributed by atoms with Crippen LogP contribution in [0.1, 0.15) is 118 Å². The van der Waals surface area contributed by atoms with Gasteiger partial charge in [-0.05, 0) is 102 Å². The highest BCUT2D eigenvalue weighted by Gasteiger charge is 2.58. The molecular weight excluding hydrogens is 1080 g/mol. The fourth-order valence-corrected chi connectivity index (χ4v) is 10.6. The number of allylic oxidation sites excluding steroid dienone is 6. The van der Waals surface area contributed by atoms with Gasteiger partial charge in [0.1, 0.15) is 23.9 Å². The number of rotatable bonds is 27. The van der Waals surface area contributed by atoms with Crippen LogP contribution < -0.4 is 31.3 Å². The zero-order valence-corrected chi connectivity index (χ0v) is 47.3. The lowest BCUT2D eigenvalue weighted by atomic mass is 9.78. The minimum atomic E-state index is -4.23. The zero-order valence-electron chi connectivity index (χ0n) is 44.9. The molecule has 3 unspecified atom stereocenters. The van der Waals surface area contributed by atoms with Crippen molar-refractivity contribution in [3.8, 4) is 0 Å². The van der Waals surface area contributed by atoms with Gasteiger partial charge in [0, 0.05) is 57.0 Å². The molecule has 5 rings (SSSR count). The number of aliphatic hydroxyl groups is 1. The summed E-state index contributed by atoms with van der Waals surface area (Å²) in [5, 5.41) is 25.5. The number of hydrogen-bond acceptors (Lipinski definition) is 14. The van der Waals surface area contributed by atoms with Crippen LogP contribution in [-0.2, 0) is 69.1 Å². The number of halogens is 1. The Bertz CT molecular complexity index is 2530. The van der Waals surface area contributed by atoms with Gasteiger partial charge >= 0.3 is 5.97 Å². The van der Waals surface area contributed by atoms with Crippen LogP contribution in [0.25, 0.3) is 0 Å². The van der Waals surface area contributed by atoms with E-state index in [1.807, 2.05) is 26.0 Å². The summed E-state index contributed by atoms with van der Waals surface area (Å²) >= 11 is 3.08. The van der Waals surface area contributed by atoms with Crippen molar-refractivity contribution in [3.05, 3.63) is 89.7 Å². The van der Waals surface area contributed by atoms with E-state index in [-0.39, 0.29) is 96.6 Å². The van der Waals surface area contributed by atoms with Crippen LogP contribution in [0.3, 0.4) is 0 Å². The Morgan fingerprint density at radius 2 is 1.68 bits per heavy atom. The standard InChI is InChI=1S/C55H77BrN6O14S/c1-35(25-26-54(6)36(2)28-45(38(4)76-54)61-48(65)23-16-37(3)74-39(5)63)15-22-46-53(70)55(34-73-55)30-42(75-46)29-50(67)58-32-40-17-20-43(21-18-40)77(71,72)62-49(66)24-19-41-12-9-10-13-44(41)60-52(69)33-59-47(64)14-8-7-11-27-57-51(68)31-56/h9-10,13,15-18,20-23,25,36-38,41-42,45-46,53,70H,7-8,11-12,14,19,24,26-34H2,1-6H3,(H,57,68)(H,58,67)(H,59,64)(H,60,69)(H,61,65)(H,62,66)/b22-15+,23-16-,35-25+/t36-,37-,38+,41?,42+,45+,46+,53+,54?,55?/m0/s1. The van der Waals surface area contributed by atoms with E-state index in [2.05, 4.69) is 67.2 Å².